The first-order valence-electron chi connectivity index (χ1n) is 9.24. The molecular formula is C20H23F3N2O4S. The number of carbonyl (C=O) groups excluding carboxylic acids is 1. The molecule has 0 bridgehead atoms. The van der Waals surface area contributed by atoms with Crippen molar-refractivity contribution in [2.45, 2.75) is 39.5 Å². The summed E-state index contributed by atoms with van der Waals surface area (Å²) in [5, 5.41) is 2.67. The fourth-order valence-electron chi connectivity index (χ4n) is 2.76. The molecule has 2 aromatic rings. The van der Waals surface area contributed by atoms with E-state index in [1.807, 2.05) is 0 Å². The molecule has 0 aromatic heterocycles. The van der Waals surface area contributed by atoms with Crippen LogP contribution in [-0.4, -0.2) is 26.4 Å². The average molecular weight is 444 g/mol. The van der Waals surface area contributed by atoms with E-state index in [0.29, 0.717) is 23.4 Å². The van der Waals surface area contributed by atoms with Crippen molar-refractivity contribution in [1.29, 1.82) is 0 Å². The lowest BCUT2D eigenvalue weighted by Crippen LogP contribution is -2.19. The zero-order valence-corrected chi connectivity index (χ0v) is 17.4. The molecule has 0 aliphatic rings. The van der Waals surface area contributed by atoms with Gasteiger partial charge in [0.05, 0.1) is 11.4 Å². The summed E-state index contributed by atoms with van der Waals surface area (Å²) in [5.74, 6) is -0.794. The van der Waals surface area contributed by atoms with Gasteiger partial charge in [-0.15, -0.1) is 13.2 Å². The Morgan fingerprint density at radius 1 is 1.07 bits per heavy atom. The molecule has 0 fully saturated rings. The minimum Gasteiger partial charge on any atom is -0.406 e. The van der Waals surface area contributed by atoms with Crippen LogP contribution >= 0.6 is 0 Å². The van der Waals surface area contributed by atoms with Crippen LogP contribution < -0.4 is 14.8 Å². The third-order valence-corrected chi connectivity index (χ3v) is 5.64. The van der Waals surface area contributed by atoms with Crippen LogP contribution in [0.25, 0.3) is 0 Å². The lowest BCUT2D eigenvalue weighted by Gasteiger charge is -2.15. The number of benzene rings is 2. The van der Waals surface area contributed by atoms with E-state index in [1.54, 1.807) is 38.1 Å². The van der Waals surface area contributed by atoms with Gasteiger partial charge in [0, 0.05) is 12.1 Å². The summed E-state index contributed by atoms with van der Waals surface area (Å²) in [6.07, 6.45) is -4.39. The Morgan fingerprint density at radius 2 is 1.73 bits per heavy atom. The van der Waals surface area contributed by atoms with Crippen molar-refractivity contribution < 1.29 is 31.1 Å². The molecule has 0 heterocycles. The summed E-state index contributed by atoms with van der Waals surface area (Å²) in [7, 11) is -3.49. The highest BCUT2D eigenvalue weighted by Gasteiger charge is 2.32. The molecule has 1 amide bonds. The normalized spacial score (nSPS) is 11.8. The predicted octanol–water partition coefficient (Wildman–Crippen LogP) is 4.62. The Hall–Kier alpha value is -2.75. The molecule has 0 saturated carbocycles. The topological polar surface area (TPSA) is 84.5 Å². The van der Waals surface area contributed by atoms with Gasteiger partial charge >= 0.3 is 6.36 Å². The van der Waals surface area contributed by atoms with E-state index >= 15 is 0 Å². The van der Waals surface area contributed by atoms with Crippen LogP contribution in [0.1, 0.15) is 30.9 Å². The van der Waals surface area contributed by atoms with Crippen molar-refractivity contribution in [3.05, 3.63) is 53.6 Å². The van der Waals surface area contributed by atoms with E-state index in [0.717, 1.165) is 0 Å². The smallest absolute Gasteiger partial charge is 0.406 e. The Kier molecular flexibility index (Phi) is 7.71. The third-order valence-electron chi connectivity index (χ3n) is 4.17. The van der Waals surface area contributed by atoms with E-state index < -0.39 is 22.3 Å². The molecule has 10 heteroatoms. The van der Waals surface area contributed by atoms with E-state index in [4.69, 9.17) is 0 Å². The molecule has 30 heavy (non-hydrogen) atoms. The van der Waals surface area contributed by atoms with Crippen LogP contribution in [0.2, 0.25) is 0 Å². The Morgan fingerprint density at radius 3 is 2.40 bits per heavy atom. The van der Waals surface area contributed by atoms with Gasteiger partial charge in [-0.05, 0) is 49.1 Å². The molecule has 0 aliphatic carbocycles. The molecule has 0 atom stereocenters. The second-order valence-electron chi connectivity index (χ2n) is 6.60. The van der Waals surface area contributed by atoms with E-state index in [1.165, 1.54) is 18.2 Å². The minimum atomic E-state index is -4.82. The van der Waals surface area contributed by atoms with Gasteiger partial charge in [0.15, 0.2) is 0 Å². The average Bonchev–Trinajstić information content (AvgIpc) is 2.63. The van der Waals surface area contributed by atoms with Gasteiger partial charge in [-0.3, -0.25) is 9.52 Å². The maximum absolute atomic E-state index is 12.5. The molecule has 6 nitrogen and oxygen atoms in total. The number of sulfonamides is 1. The monoisotopic (exact) mass is 444 g/mol. The first kappa shape index (κ1) is 23.5. The molecule has 2 N–H and O–H groups in total. The maximum atomic E-state index is 12.5. The zero-order chi connectivity index (χ0) is 22.4. The molecule has 0 spiro atoms. The lowest BCUT2D eigenvalue weighted by molar-refractivity contribution is -0.274. The van der Waals surface area contributed by atoms with Crippen molar-refractivity contribution in [3.8, 4) is 5.75 Å². The second-order valence-corrected chi connectivity index (χ2v) is 8.44. The minimum absolute atomic E-state index is 0.0254. The molecule has 0 unspecified atom stereocenters. The van der Waals surface area contributed by atoms with Gasteiger partial charge < -0.3 is 10.1 Å². The number of hydrogen-bond donors (Lipinski definition) is 2. The number of aryl methyl sites for hydroxylation is 1. The number of nitrogens with one attached hydrogen (secondary N) is 2. The van der Waals surface area contributed by atoms with Crippen LogP contribution in [0.5, 0.6) is 5.75 Å². The fourth-order valence-corrected chi connectivity index (χ4v) is 3.96. The molecule has 0 saturated heterocycles. The summed E-state index contributed by atoms with van der Waals surface area (Å²) in [4.78, 5) is 12.3. The molecular weight excluding hydrogens is 421 g/mol. The van der Waals surface area contributed by atoms with E-state index in [2.05, 4.69) is 14.8 Å². The summed E-state index contributed by atoms with van der Waals surface area (Å²) in [6.45, 7) is 3.41. The fraction of sp³-hybridized carbons (Fsp3) is 0.350. The summed E-state index contributed by atoms with van der Waals surface area (Å²) in [6, 6.07) is 10.4. The molecule has 2 rings (SSSR count). The Labute approximate surface area is 173 Å². The zero-order valence-electron chi connectivity index (χ0n) is 16.5. The molecule has 164 valence electrons. The quantitative estimate of drug-likeness (QED) is 0.591. The van der Waals surface area contributed by atoms with Gasteiger partial charge in [0.1, 0.15) is 5.75 Å². The molecule has 0 radical (unpaired) electrons. The number of carbonyl (C=O) groups is 1. The number of hydrogen-bond acceptors (Lipinski definition) is 4. The number of alkyl halides is 3. The number of para-hydroxylation sites is 1. The van der Waals surface area contributed by atoms with Gasteiger partial charge in [-0.2, -0.15) is 0 Å². The van der Waals surface area contributed by atoms with Crippen LogP contribution in [0.3, 0.4) is 0 Å². The second kappa shape index (κ2) is 9.84. The third kappa shape index (κ3) is 7.25. The maximum Gasteiger partial charge on any atom is 0.573 e. The summed E-state index contributed by atoms with van der Waals surface area (Å²) >= 11 is 0. The number of halogens is 3. The van der Waals surface area contributed by atoms with Crippen molar-refractivity contribution in [3.63, 3.8) is 0 Å². The molecule has 0 aliphatic heterocycles. The number of anilines is 2. The van der Waals surface area contributed by atoms with Crippen molar-refractivity contribution in [1.82, 2.24) is 0 Å². The van der Waals surface area contributed by atoms with Gasteiger partial charge in [-0.25, -0.2) is 8.42 Å². The van der Waals surface area contributed by atoms with Crippen LogP contribution in [-0.2, 0) is 21.2 Å². The largest absolute Gasteiger partial charge is 0.573 e. The first-order valence-corrected chi connectivity index (χ1v) is 10.9. The SMILES string of the molecule is CCCS(=O)(=O)Nc1cccc(NC(=O)CCc2ccccc2OC(F)(F)F)c1C. The van der Waals surface area contributed by atoms with Gasteiger partial charge in [-0.1, -0.05) is 31.2 Å². The highest BCUT2D eigenvalue weighted by atomic mass is 32.2. The highest BCUT2D eigenvalue weighted by molar-refractivity contribution is 7.92. The Bertz CT molecular complexity index is 992. The van der Waals surface area contributed by atoms with Crippen LogP contribution in [0.15, 0.2) is 42.5 Å². The highest BCUT2D eigenvalue weighted by Crippen LogP contribution is 2.28. The van der Waals surface area contributed by atoms with Crippen molar-refractivity contribution in [2.75, 3.05) is 15.8 Å². The predicted molar refractivity (Wildman–Crippen MR) is 109 cm³/mol. The van der Waals surface area contributed by atoms with Crippen LogP contribution in [0, 0.1) is 6.92 Å². The van der Waals surface area contributed by atoms with E-state index in [9.17, 15) is 26.4 Å². The Balaban J connectivity index is 2.05. The summed E-state index contributed by atoms with van der Waals surface area (Å²) < 4.78 is 68.0. The summed E-state index contributed by atoms with van der Waals surface area (Å²) in [5.41, 5.74) is 1.55. The van der Waals surface area contributed by atoms with Crippen molar-refractivity contribution in [2.24, 2.45) is 0 Å². The van der Waals surface area contributed by atoms with E-state index in [-0.39, 0.29) is 29.9 Å². The molecule has 2 aromatic carbocycles. The van der Waals surface area contributed by atoms with Crippen LogP contribution in [0.4, 0.5) is 24.5 Å². The first-order chi connectivity index (χ1) is 14.0. The van der Waals surface area contributed by atoms with Crippen molar-refractivity contribution >= 4 is 27.3 Å². The number of ether oxygens (including phenoxy) is 1. The number of rotatable bonds is 9. The van der Waals surface area contributed by atoms with Gasteiger partial charge in [0.25, 0.3) is 0 Å². The number of amides is 1. The van der Waals surface area contributed by atoms with Gasteiger partial charge in [0.2, 0.25) is 15.9 Å². The standard InChI is InChI=1S/C20H23F3N2O4S/c1-3-13-30(27,28)25-17-9-6-8-16(14(17)2)24-19(26)12-11-15-7-4-5-10-18(15)29-20(21,22)23/h4-10,25H,3,11-13H2,1-2H3,(H,24,26). The lowest BCUT2D eigenvalue weighted by atomic mass is 10.1.